The van der Waals surface area contributed by atoms with Gasteiger partial charge in [0.2, 0.25) is 10.0 Å². The number of nitrogens with one attached hydrogen (secondary N) is 1. The maximum absolute atomic E-state index is 12.9. The first-order valence-electron chi connectivity index (χ1n) is 4.41. The van der Waals surface area contributed by atoms with Crippen molar-refractivity contribution in [1.82, 2.24) is 4.72 Å². The predicted octanol–water partition coefficient (Wildman–Crippen LogP) is 0.710. The van der Waals surface area contributed by atoms with Crippen LogP contribution >= 0.6 is 0 Å². The summed E-state index contributed by atoms with van der Waals surface area (Å²) in [5, 5.41) is 0. The van der Waals surface area contributed by atoms with E-state index in [0.717, 1.165) is 12.1 Å². The van der Waals surface area contributed by atoms with Crippen LogP contribution in [-0.2, 0) is 10.0 Å². The summed E-state index contributed by atoms with van der Waals surface area (Å²) in [6.45, 7) is 1.56. The van der Waals surface area contributed by atoms with Gasteiger partial charge in [-0.1, -0.05) is 5.92 Å². The van der Waals surface area contributed by atoms with Gasteiger partial charge in [-0.15, -0.1) is 5.92 Å². The first-order chi connectivity index (χ1) is 7.47. The molecule has 0 aromatic heterocycles. The summed E-state index contributed by atoms with van der Waals surface area (Å²) in [4.78, 5) is -0.273. The summed E-state index contributed by atoms with van der Waals surface area (Å²) in [7, 11) is -3.80. The number of hydrogen-bond acceptors (Lipinski definition) is 3. The molecule has 16 heavy (non-hydrogen) atoms. The average molecular weight is 242 g/mol. The van der Waals surface area contributed by atoms with Gasteiger partial charge in [-0.2, -0.15) is 4.72 Å². The number of nitrogen functional groups attached to an aromatic ring is 1. The van der Waals surface area contributed by atoms with Crippen LogP contribution in [0.5, 0.6) is 0 Å². The monoisotopic (exact) mass is 242 g/mol. The molecule has 0 heterocycles. The first-order valence-corrected chi connectivity index (χ1v) is 5.90. The molecule has 1 aromatic rings. The van der Waals surface area contributed by atoms with Crippen molar-refractivity contribution in [2.24, 2.45) is 0 Å². The molecule has 0 saturated heterocycles. The molecule has 0 aliphatic rings. The summed E-state index contributed by atoms with van der Waals surface area (Å²) in [5.74, 6) is 4.41. The third kappa shape index (κ3) is 2.95. The molecule has 0 saturated carbocycles. The van der Waals surface area contributed by atoms with E-state index >= 15 is 0 Å². The number of hydrogen-bond donors (Lipinski definition) is 2. The molecule has 86 valence electrons. The summed E-state index contributed by atoms with van der Waals surface area (Å²) in [6.07, 6.45) is 0. The summed E-state index contributed by atoms with van der Waals surface area (Å²) < 4.78 is 38.4. The van der Waals surface area contributed by atoms with E-state index in [1.807, 2.05) is 0 Å². The summed E-state index contributed by atoms with van der Waals surface area (Å²) in [5.41, 5.74) is 5.46. The number of nitrogens with two attached hydrogens (primary N) is 1. The van der Waals surface area contributed by atoms with E-state index in [1.165, 1.54) is 6.07 Å². The molecular formula is C10H11FN2O2S. The molecule has 0 aliphatic heterocycles. The highest BCUT2D eigenvalue weighted by atomic mass is 32.2. The van der Waals surface area contributed by atoms with Gasteiger partial charge in [0.1, 0.15) is 10.7 Å². The van der Waals surface area contributed by atoms with Crippen LogP contribution in [0.4, 0.5) is 10.1 Å². The lowest BCUT2D eigenvalue weighted by Gasteiger charge is -2.06. The van der Waals surface area contributed by atoms with Crippen LogP contribution < -0.4 is 10.5 Å². The molecule has 4 nitrogen and oxygen atoms in total. The standard InChI is InChI=1S/C10H11FN2O2S/c1-2-3-6-13-16(14,15)10-7-8(11)4-5-9(10)12/h4-5,7,13H,6,12H2,1H3. The Bertz CT molecular complexity index is 544. The zero-order valence-corrected chi connectivity index (χ0v) is 9.44. The minimum Gasteiger partial charge on any atom is -0.398 e. The van der Waals surface area contributed by atoms with Gasteiger partial charge >= 0.3 is 0 Å². The second kappa shape index (κ2) is 4.96. The Balaban J connectivity index is 3.05. The fourth-order valence-corrected chi connectivity index (χ4v) is 2.10. The number of rotatable bonds is 3. The third-order valence-electron chi connectivity index (χ3n) is 1.79. The van der Waals surface area contributed by atoms with Crippen LogP contribution in [0.15, 0.2) is 23.1 Å². The zero-order valence-electron chi connectivity index (χ0n) is 8.62. The van der Waals surface area contributed by atoms with Gasteiger partial charge in [-0.05, 0) is 25.1 Å². The third-order valence-corrected chi connectivity index (χ3v) is 3.25. The molecule has 0 unspecified atom stereocenters. The smallest absolute Gasteiger partial charge is 0.243 e. The number of sulfonamides is 1. The molecule has 1 aromatic carbocycles. The fourth-order valence-electron chi connectivity index (χ4n) is 1.04. The normalized spacial score (nSPS) is 10.6. The van der Waals surface area contributed by atoms with Crippen LogP contribution in [0, 0.1) is 17.7 Å². The van der Waals surface area contributed by atoms with Crippen molar-refractivity contribution < 1.29 is 12.8 Å². The van der Waals surface area contributed by atoms with Gasteiger partial charge in [0, 0.05) is 0 Å². The van der Waals surface area contributed by atoms with Crippen molar-refractivity contribution in [3.05, 3.63) is 24.0 Å². The van der Waals surface area contributed by atoms with Crippen molar-refractivity contribution in [2.45, 2.75) is 11.8 Å². The quantitative estimate of drug-likeness (QED) is 0.605. The van der Waals surface area contributed by atoms with Crippen LogP contribution in [-0.4, -0.2) is 15.0 Å². The van der Waals surface area contributed by atoms with Gasteiger partial charge in [-0.3, -0.25) is 0 Å². The van der Waals surface area contributed by atoms with Crippen LogP contribution in [0.3, 0.4) is 0 Å². The molecule has 0 amide bonds. The van der Waals surface area contributed by atoms with E-state index in [0.29, 0.717) is 0 Å². The fraction of sp³-hybridized carbons (Fsp3) is 0.200. The predicted molar refractivity (Wildman–Crippen MR) is 59.5 cm³/mol. The highest BCUT2D eigenvalue weighted by molar-refractivity contribution is 7.89. The second-order valence-corrected chi connectivity index (χ2v) is 4.67. The van der Waals surface area contributed by atoms with Gasteiger partial charge in [0.05, 0.1) is 12.2 Å². The minimum atomic E-state index is -3.80. The van der Waals surface area contributed by atoms with Gasteiger partial charge in [0.15, 0.2) is 0 Å². The van der Waals surface area contributed by atoms with E-state index in [2.05, 4.69) is 16.6 Å². The lowest BCUT2D eigenvalue weighted by molar-refractivity contribution is 0.582. The van der Waals surface area contributed by atoms with Crippen LogP contribution in [0.1, 0.15) is 6.92 Å². The molecule has 6 heteroatoms. The Kier molecular flexibility index (Phi) is 3.88. The van der Waals surface area contributed by atoms with Gasteiger partial charge in [0.25, 0.3) is 0 Å². The Labute approximate surface area is 93.7 Å². The summed E-state index contributed by atoms with van der Waals surface area (Å²) >= 11 is 0. The van der Waals surface area contributed by atoms with E-state index in [9.17, 15) is 12.8 Å². The zero-order chi connectivity index (χ0) is 12.2. The average Bonchev–Trinajstić information content (AvgIpc) is 2.22. The molecule has 1 rings (SSSR count). The largest absolute Gasteiger partial charge is 0.398 e. The SMILES string of the molecule is CC#CCNS(=O)(=O)c1cc(F)ccc1N. The summed E-state index contributed by atoms with van der Waals surface area (Å²) in [6, 6.07) is 3.17. The molecular weight excluding hydrogens is 231 g/mol. The highest BCUT2D eigenvalue weighted by Gasteiger charge is 2.17. The molecule has 0 spiro atoms. The molecule has 0 bridgehead atoms. The lowest BCUT2D eigenvalue weighted by atomic mass is 10.3. The Hall–Kier alpha value is -1.58. The highest BCUT2D eigenvalue weighted by Crippen LogP contribution is 2.18. The van der Waals surface area contributed by atoms with E-state index in [1.54, 1.807) is 6.92 Å². The van der Waals surface area contributed by atoms with E-state index in [4.69, 9.17) is 5.73 Å². The van der Waals surface area contributed by atoms with Gasteiger partial charge in [-0.25, -0.2) is 12.8 Å². The molecule has 0 aliphatic carbocycles. The van der Waals surface area contributed by atoms with Crippen LogP contribution in [0.25, 0.3) is 0 Å². The van der Waals surface area contributed by atoms with E-state index < -0.39 is 15.8 Å². The maximum Gasteiger partial charge on any atom is 0.243 e. The Morgan fingerprint density at radius 1 is 1.50 bits per heavy atom. The van der Waals surface area contributed by atoms with Crippen LogP contribution in [0.2, 0.25) is 0 Å². The molecule has 0 radical (unpaired) electrons. The second-order valence-electron chi connectivity index (χ2n) is 2.93. The number of anilines is 1. The van der Waals surface area contributed by atoms with Crippen molar-refractivity contribution >= 4 is 15.7 Å². The molecule has 3 N–H and O–H groups in total. The topological polar surface area (TPSA) is 72.2 Å². The van der Waals surface area contributed by atoms with Crippen molar-refractivity contribution in [3.8, 4) is 11.8 Å². The number of halogens is 1. The molecule has 0 fully saturated rings. The van der Waals surface area contributed by atoms with Crippen molar-refractivity contribution in [1.29, 1.82) is 0 Å². The minimum absolute atomic E-state index is 0.00152. The van der Waals surface area contributed by atoms with Crippen molar-refractivity contribution in [2.75, 3.05) is 12.3 Å². The maximum atomic E-state index is 12.9. The first kappa shape index (κ1) is 12.5. The van der Waals surface area contributed by atoms with Gasteiger partial charge < -0.3 is 5.73 Å². The number of benzene rings is 1. The lowest BCUT2D eigenvalue weighted by Crippen LogP contribution is -2.25. The Morgan fingerprint density at radius 3 is 2.81 bits per heavy atom. The molecule has 0 atom stereocenters. The van der Waals surface area contributed by atoms with E-state index in [-0.39, 0.29) is 17.1 Å². The van der Waals surface area contributed by atoms with Crippen molar-refractivity contribution in [3.63, 3.8) is 0 Å². The Morgan fingerprint density at radius 2 is 2.19 bits per heavy atom.